The predicted octanol–water partition coefficient (Wildman–Crippen LogP) is 4.77. The Hall–Kier alpha value is -3.37. The first-order chi connectivity index (χ1) is 16.1. The van der Waals surface area contributed by atoms with Gasteiger partial charge in [0, 0.05) is 19.2 Å². The minimum atomic E-state index is -3.44. The van der Waals surface area contributed by atoms with Gasteiger partial charge in [-0.2, -0.15) is 5.10 Å². The van der Waals surface area contributed by atoms with E-state index >= 15 is 0 Å². The molecule has 11 heteroatoms. The molecule has 3 N–H and O–H groups in total. The van der Waals surface area contributed by atoms with E-state index in [9.17, 15) is 17.9 Å². The molecule has 0 radical (unpaired) electrons. The topological polar surface area (TPSA) is 111 Å². The third kappa shape index (κ3) is 5.33. The number of aryl methyl sites for hydroxylation is 2. The molecule has 0 fully saturated rings. The minimum Gasteiger partial charge on any atom is -0.505 e. The highest BCUT2D eigenvalue weighted by Gasteiger charge is 2.18. The van der Waals surface area contributed by atoms with Crippen LogP contribution in [0, 0.1) is 12.7 Å². The number of anilines is 2. The number of phenolic OH excluding ortho intramolecular Hbond substituents is 1. The van der Waals surface area contributed by atoms with Crippen molar-refractivity contribution in [2.45, 2.75) is 26.8 Å². The molecule has 0 aliphatic carbocycles. The Kier molecular flexibility index (Phi) is 7.56. The number of halogens is 2. The number of rotatable bonds is 7. The second-order valence-corrected chi connectivity index (χ2v) is 10.2. The zero-order chi connectivity index (χ0) is 24.6. The minimum absolute atomic E-state index is 0. The van der Waals surface area contributed by atoms with Crippen molar-refractivity contribution in [1.82, 2.24) is 15.2 Å². The van der Waals surface area contributed by atoms with Crippen molar-refractivity contribution in [2.75, 3.05) is 22.9 Å². The van der Waals surface area contributed by atoms with Gasteiger partial charge < -0.3 is 10.4 Å². The maximum atomic E-state index is 14.2. The lowest BCUT2D eigenvalue weighted by molar-refractivity contribution is 0.432. The number of benzene rings is 2. The van der Waals surface area contributed by atoms with Crippen molar-refractivity contribution < 1.29 is 17.9 Å². The lowest BCUT2D eigenvalue weighted by Crippen LogP contribution is -2.26. The summed E-state index contributed by atoms with van der Waals surface area (Å²) in [5.74, 6) is -0.601. The van der Waals surface area contributed by atoms with Crippen molar-refractivity contribution in [3.05, 3.63) is 65.1 Å². The second-order valence-electron chi connectivity index (χ2n) is 8.22. The Morgan fingerprint density at radius 2 is 1.91 bits per heavy atom. The van der Waals surface area contributed by atoms with E-state index in [1.807, 2.05) is 26.0 Å². The van der Waals surface area contributed by atoms with Crippen molar-refractivity contribution in [3.63, 3.8) is 0 Å². The molecule has 2 heterocycles. The van der Waals surface area contributed by atoms with Gasteiger partial charge in [0.1, 0.15) is 5.82 Å². The van der Waals surface area contributed by atoms with Gasteiger partial charge in [-0.1, -0.05) is 24.6 Å². The van der Waals surface area contributed by atoms with E-state index in [1.54, 1.807) is 18.3 Å². The number of phenols is 1. The van der Waals surface area contributed by atoms with Gasteiger partial charge in [-0.25, -0.2) is 17.8 Å². The summed E-state index contributed by atoms with van der Waals surface area (Å²) in [6, 6.07) is 10.0. The molecule has 0 aliphatic heterocycles. The quantitative estimate of drug-likeness (QED) is 0.324. The number of aromatic hydroxyl groups is 1. The molecule has 2 aromatic heterocycles. The highest BCUT2D eigenvalue weighted by atomic mass is 35.5. The number of fused-ring (bicyclic) bond motifs is 1. The predicted molar refractivity (Wildman–Crippen MR) is 139 cm³/mol. The molecule has 2 aromatic carbocycles. The van der Waals surface area contributed by atoms with Gasteiger partial charge in [-0.15, -0.1) is 12.4 Å². The number of nitrogens with one attached hydrogen (secondary N) is 2. The Labute approximate surface area is 209 Å². The maximum absolute atomic E-state index is 14.2. The van der Waals surface area contributed by atoms with Crippen molar-refractivity contribution in [1.29, 1.82) is 0 Å². The van der Waals surface area contributed by atoms with E-state index in [0.717, 1.165) is 28.3 Å². The molecule has 0 aliphatic rings. The summed E-state index contributed by atoms with van der Waals surface area (Å²) in [6.45, 7) is 4.16. The van der Waals surface area contributed by atoms with Crippen LogP contribution in [0.5, 0.6) is 5.75 Å². The van der Waals surface area contributed by atoms with Crippen LogP contribution in [-0.4, -0.2) is 42.0 Å². The average molecular weight is 520 g/mol. The number of aromatic amines is 1. The zero-order valence-electron chi connectivity index (χ0n) is 19.8. The Balaban J connectivity index is 0.00000342. The lowest BCUT2D eigenvalue weighted by atomic mass is 10.0. The molecule has 35 heavy (non-hydrogen) atoms. The molecular weight excluding hydrogens is 493 g/mol. The third-order valence-corrected chi connectivity index (χ3v) is 6.98. The number of aromatic nitrogens is 3. The molecule has 186 valence electrons. The monoisotopic (exact) mass is 519 g/mol. The standard InChI is InChI=1S/C24H26FN5O3S.ClH/c1-5-15-9-23(31)19(25)10-17(15)20-11-21-18(13-27-29-21)24(28-20)26-12-16-8-14(2)6-7-22(16)30(3)34(4,32)33;/h6-11,13,31H,5,12H2,1-4H3,(H,26,28)(H,27,29);1H. The Bertz CT molecular complexity index is 1490. The first kappa shape index (κ1) is 26.2. The fourth-order valence-electron chi connectivity index (χ4n) is 3.87. The van der Waals surface area contributed by atoms with Gasteiger partial charge in [-0.3, -0.25) is 9.40 Å². The molecule has 4 aromatic rings. The molecule has 0 spiro atoms. The number of pyridine rings is 1. The highest BCUT2D eigenvalue weighted by Crippen LogP contribution is 2.33. The van der Waals surface area contributed by atoms with Crippen LogP contribution >= 0.6 is 12.4 Å². The molecular formula is C24H27ClFN5O3S. The van der Waals surface area contributed by atoms with Crippen LogP contribution in [0.1, 0.15) is 23.6 Å². The SMILES string of the molecule is CCc1cc(O)c(F)cc1-c1cc2[nH]ncc2c(NCc2cc(C)ccc2N(C)S(C)(=O)=O)n1.Cl. The normalized spacial score (nSPS) is 11.3. The molecule has 4 rings (SSSR count). The number of H-pyrrole nitrogens is 1. The van der Waals surface area contributed by atoms with Gasteiger partial charge in [0.25, 0.3) is 0 Å². The molecule has 0 bridgehead atoms. The fraction of sp³-hybridized carbons (Fsp3) is 0.250. The van der Waals surface area contributed by atoms with Crippen LogP contribution < -0.4 is 9.62 Å². The van der Waals surface area contributed by atoms with E-state index in [4.69, 9.17) is 4.98 Å². The molecule has 8 nitrogen and oxygen atoms in total. The largest absolute Gasteiger partial charge is 0.505 e. The zero-order valence-corrected chi connectivity index (χ0v) is 21.4. The van der Waals surface area contributed by atoms with Gasteiger partial charge in [0.15, 0.2) is 11.6 Å². The Morgan fingerprint density at radius 1 is 1.17 bits per heavy atom. The number of hydrogen-bond donors (Lipinski definition) is 3. The van der Waals surface area contributed by atoms with E-state index in [-0.39, 0.29) is 12.4 Å². The summed E-state index contributed by atoms with van der Waals surface area (Å²) in [5.41, 5.74) is 4.89. The summed E-state index contributed by atoms with van der Waals surface area (Å²) >= 11 is 0. The number of nitrogens with zero attached hydrogens (tertiary/aromatic N) is 3. The summed E-state index contributed by atoms with van der Waals surface area (Å²) in [6.07, 6.45) is 3.39. The lowest BCUT2D eigenvalue weighted by Gasteiger charge is -2.21. The summed E-state index contributed by atoms with van der Waals surface area (Å²) in [5, 5.41) is 20.9. The molecule has 0 saturated heterocycles. The van der Waals surface area contributed by atoms with Crippen LogP contribution in [0.3, 0.4) is 0 Å². The number of sulfonamides is 1. The van der Waals surface area contributed by atoms with Crippen LogP contribution in [0.25, 0.3) is 22.2 Å². The summed E-state index contributed by atoms with van der Waals surface area (Å²) < 4.78 is 39.7. The molecule has 0 saturated carbocycles. The van der Waals surface area contributed by atoms with E-state index < -0.39 is 21.6 Å². The van der Waals surface area contributed by atoms with Crippen molar-refractivity contribution in [2.24, 2.45) is 0 Å². The second kappa shape index (κ2) is 10.1. The Morgan fingerprint density at radius 3 is 2.60 bits per heavy atom. The van der Waals surface area contributed by atoms with Crippen molar-refractivity contribution >= 4 is 44.8 Å². The first-order valence-corrected chi connectivity index (χ1v) is 12.6. The van der Waals surface area contributed by atoms with Crippen molar-refractivity contribution in [3.8, 4) is 17.0 Å². The fourth-order valence-corrected chi connectivity index (χ4v) is 4.41. The highest BCUT2D eigenvalue weighted by molar-refractivity contribution is 7.92. The van der Waals surface area contributed by atoms with Crippen LogP contribution in [0.15, 0.2) is 42.6 Å². The maximum Gasteiger partial charge on any atom is 0.232 e. The number of hydrogen-bond acceptors (Lipinski definition) is 6. The first-order valence-electron chi connectivity index (χ1n) is 10.7. The molecule has 0 unspecified atom stereocenters. The van der Waals surface area contributed by atoms with Gasteiger partial charge in [-0.05, 0) is 48.7 Å². The summed E-state index contributed by atoms with van der Waals surface area (Å²) in [4.78, 5) is 4.73. The van der Waals surface area contributed by atoms with Gasteiger partial charge >= 0.3 is 0 Å². The third-order valence-electron chi connectivity index (χ3n) is 5.78. The van der Waals surface area contributed by atoms with E-state index in [1.165, 1.54) is 23.5 Å². The molecule has 0 amide bonds. The smallest absolute Gasteiger partial charge is 0.232 e. The van der Waals surface area contributed by atoms with E-state index in [2.05, 4.69) is 15.5 Å². The van der Waals surface area contributed by atoms with Crippen LogP contribution in [-0.2, 0) is 23.0 Å². The van der Waals surface area contributed by atoms with Crippen LogP contribution in [0.4, 0.5) is 15.9 Å². The van der Waals surface area contributed by atoms with Gasteiger partial charge in [0.05, 0.1) is 34.7 Å². The van der Waals surface area contributed by atoms with E-state index in [0.29, 0.717) is 41.2 Å². The van der Waals surface area contributed by atoms with Crippen LogP contribution in [0.2, 0.25) is 0 Å². The molecule has 0 atom stereocenters. The van der Waals surface area contributed by atoms with Gasteiger partial charge in [0.2, 0.25) is 10.0 Å². The average Bonchev–Trinajstić information content (AvgIpc) is 3.27. The summed E-state index contributed by atoms with van der Waals surface area (Å²) in [7, 11) is -1.92.